The van der Waals surface area contributed by atoms with E-state index in [0.717, 1.165) is 0 Å². The van der Waals surface area contributed by atoms with Gasteiger partial charge in [0.1, 0.15) is 5.75 Å². The van der Waals surface area contributed by atoms with Gasteiger partial charge in [0.2, 0.25) is 12.0 Å². The minimum atomic E-state index is -0.298. The molecule has 1 rings (SSSR count). The molecule has 15 heavy (non-hydrogen) atoms. The Morgan fingerprint density at radius 1 is 1.60 bits per heavy atom. The van der Waals surface area contributed by atoms with E-state index in [0.29, 0.717) is 5.56 Å². The molecule has 0 atom stereocenters. The molecule has 0 heterocycles. The lowest BCUT2D eigenvalue weighted by atomic mass is 10.1. The molecule has 0 aliphatic carbocycles. The van der Waals surface area contributed by atoms with Gasteiger partial charge in [-0.15, -0.1) is 0 Å². The Bertz CT molecular complexity index is 423. The van der Waals surface area contributed by atoms with Crippen LogP contribution in [0.3, 0.4) is 0 Å². The molecule has 78 valence electrons. The Labute approximate surface area is 86.5 Å². The molecular weight excluding hydrogens is 196 g/mol. The largest absolute Gasteiger partial charge is 0.506 e. The van der Waals surface area contributed by atoms with Gasteiger partial charge < -0.3 is 10.4 Å². The summed E-state index contributed by atoms with van der Waals surface area (Å²) in [6, 6.07) is 4.71. The van der Waals surface area contributed by atoms with Gasteiger partial charge in [0, 0.05) is 12.5 Å². The van der Waals surface area contributed by atoms with Crippen LogP contribution in [-0.2, 0) is 16.1 Å². The van der Waals surface area contributed by atoms with Crippen LogP contribution < -0.4 is 5.32 Å². The average Bonchev–Trinajstić information content (AvgIpc) is 2.18. The topological polar surface area (TPSA) is 78.8 Å². The van der Waals surface area contributed by atoms with Crippen molar-refractivity contribution in [2.75, 3.05) is 5.32 Å². The smallest absolute Gasteiger partial charge is 0.235 e. The lowest BCUT2D eigenvalue weighted by Gasteiger charge is -2.09. The Balaban J connectivity index is 3.07. The fraction of sp³-hybridized carbons (Fsp3) is 0.200. The normalized spacial score (nSPS) is 9.13. The molecule has 1 aromatic carbocycles. The summed E-state index contributed by atoms with van der Waals surface area (Å²) in [5.41, 5.74) is 0.845. The van der Waals surface area contributed by atoms with E-state index in [4.69, 9.17) is 0 Å². The average molecular weight is 206 g/mol. The predicted octanol–water partition coefficient (Wildman–Crippen LogP) is 1.19. The van der Waals surface area contributed by atoms with E-state index in [1.165, 1.54) is 19.1 Å². The fourth-order valence-corrected chi connectivity index (χ4v) is 1.16. The van der Waals surface area contributed by atoms with Crippen molar-refractivity contribution in [1.29, 1.82) is 0 Å². The van der Waals surface area contributed by atoms with Crippen molar-refractivity contribution in [2.45, 2.75) is 13.5 Å². The molecule has 0 aliphatic heterocycles. The zero-order chi connectivity index (χ0) is 11.3. The van der Waals surface area contributed by atoms with Crippen molar-refractivity contribution in [1.82, 2.24) is 0 Å². The number of rotatable bonds is 3. The molecule has 2 N–H and O–H groups in total. The quantitative estimate of drug-likeness (QED) is 0.443. The number of carbonyl (C=O) groups excluding carboxylic acids is 2. The third-order valence-corrected chi connectivity index (χ3v) is 1.74. The summed E-state index contributed by atoms with van der Waals surface area (Å²) in [6.45, 7) is 1.41. The summed E-state index contributed by atoms with van der Waals surface area (Å²) in [7, 11) is 0. The fourth-order valence-electron chi connectivity index (χ4n) is 1.16. The highest BCUT2D eigenvalue weighted by atomic mass is 16.3. The van der Waals surface area contributed by atoms with Crippen LogP contribution in [0, 0.1) is 0 Å². The van der Waals surface area contributed by atoms with Crippen LogP contribution in [0.1, 0.15) is 12.5 Å². The highest BCUT2D eigenvalue weighted by Gasteiger charge is 2.08. The van der Waals surface area contributed by atoms with Crippen LogP contribution in [0.2, 0.25) is 0 Å². The number of amides is 1. The van der Waals surface area contributed by atoms with Gasteiger partial charge in [0.05, 0.1) is 12.2 Å². The van der Waals surface area contributed by atoms with Crippen molar-refractivity contribution < 1.29 is 14.7 Å². The number of aromatic hydroxyl groups is 1. The van der Waals surface area contributed by atoms with Gasteiger partial charge in [0.25, 0.3) is 0 Å². The number of isocyanates is 1. The third kappa shape index (κ3) is 2.93. The van der Waals surface area contributed by atoms with E-state index in [2.05, 4.69) is 10.3 Å². The highest BCUT2D eigenvalue weighted by Crippen LogP contribution is 2.27. The van der Waals surface area contributed by atoms with E-state index in [-0.39, 0.29) is 23.9 Å². The van der Waals surface area contributed by atoms with E-state index in [1.54, 1.807) is 12.1 Å². The number of anilines is 1. The summed E-state index contributed by atoms with van der Waals surface area (Å²) < 4.78 is 0. The molecule has 0 radical (unpaired) electrons. The van der Waals surface area contributed by atoms with E-state index >= 15 is 0 Å². The monoisotopic (exact) mass is 206 g/mol. The van der Waals surface area contributed by atoms with Gasteiger partial charge in [-0.2, -0.15) is 0 Å². The van der Waals surface area contributed by atoms with Crippen LogP contribution in [0.5, 0.6) is 5.75 Å². The minimum absolute atomic E-state index is 0.0520. The molecule has 0 bridgehead atoms. The van der Waals surface area contributed by atoms with Gasteiger partial charge in [-0.25, -0.2) is 9.79 Å². The Kier molecular flexibility index (Phi) is 3.60. The molecule has 0 spiro atoms. The molecule has 5 nitrogen and oxygen atoms in total. The van der Waals surface area contributed by atoms with Gasteiger partial charge in [-0.05, 0) is 6.07 Å². The number of hydrogen-bond acceptors (Lipinski definition) is 4. The standard InChI is InChI=1S/C10H10N2O3/c1-7(14)12-10-8(5-11-6-13)3-2-4-9(10)15/h2-4,15H,5H2,1H3,(H,12,14). The molecule has 0 unspecified atom stereocenters. The number of hydrogen-bond donors (Lipinski definition) is 2. The second kappa shape index (κ2) is 4.93. The number of nitrogens with one attached hydrogen (secondary N) is 1. The van der Waals surface area contributed by atoms with E-state index < -0.39 is 0 Å². The van der Waals surface area contributed by atoms with Crippen molar-refractivity contribution in [2.24, 2.45) is 4.99 Å². The maximum Gasteiger partial charge on any atom is 0.235 e. The number of nitrogens with zero attached hydrogens (tertiary/aromatic N) is 1. The first-order valence-electron chi connectivity index (χ1n) is 4.27. The Hall–Kier alpha value is -2.13. The minimum Gasteiger partial charge on any atom is -0.506 e. The molecule has 5 heteroatoms. The molecule has 0 aromatic heterocycles. The zero-order valence-corrected chi connectivity index (χ0v) is 8.15. The second-order valence-corrected chi connectivity index (χ2v) is 2.90. The summed E-state index contributed by atoms with van der Waals surface area (Å²) in [4.78, 5) is 24.2. The molecular formula is C10H10N2O3. The van der Waals surface area contributed by atoms with Gasteiger partial charge in [-0.3, -0.25) is 4.79 Å². The number of phenols is 1. The lowest BCUT2D eigenvalue weighted by Crippen LogP contribution is -2.08. The SMILES string of the molecule is CC(=O)Nc1c(O)cccc1CN=C=O. The van der Waals surface area contributed by atoms with Crippen LogP contribution in [0.15, 0.2) is 23.2 Å². The van der Waals surface area contributed by atoms with Crippen molar-refractivity contribution in [3.05, 3.63) is 23.8 Å². The maximum absolute atomic E-state index is 10.9. The summed E-state index contributed by atoms with van der Waals surface area (Å²) in [5, 5.41) is 12.0. The van der Waals surface area contributed by atoms with Crippen molar-refractivity contribution in [3.8, 4) is 5.75 Å². The Morgan fingerprint density at radius 3 is 2.93 bits per heavy atom. The molecule has 0 aliphatic rings. The second-order valence-electron chi connectivity index (χ2n) is 2.90. The molecule has 0 saturated carbocycles. The number of phenolic OH excluding ortho intramolecular Hbond substituents is 1. The highest BCUT2D eigenvalue weighted by molar-refractivity contribution is 5.91. The molecule has 1 amide bonds. The van der Waals surface area contributed by atoms with Gasteiger partial charge >= 0.3 is 0 Å². The van der Waals surface area contributed by atoms with Gasteiger partial charge in [0.15, 0.2) is 0 Å². The predicted molar refractivity (Wildman–Crippen MR) is 54.2 cm³/mol. The maximum atomic E-state index is 10.9. The van der Waals surface area contributed by atoms with Crippen LogP contribution in [-0.4, -0.2) is 17.1 Å². The summed E-state index contributed by atoms with van der Waals surface area (Å²) in [6.07, 6.45) is 1.40. The van der Waals surface area contributed by atoms with E-state index in [9.17, 15) is 14.7 Å². The van der Waals surface area contributed by atoms with E-state index in [1.807, 2.05) is 0 Å². The molecule has 1 aromatic rings. The third-order valence-electron chi connectivity index (χ3n) is 1.74. The lowest BCUT2D eigenvalue weighted by molar-refractivity contribution is -0.114. The summed E-state index contributed by atoms with van der Waals surface area (Å²) >= 11 is 0. The molecule has 0 fully saturated rings. The van der Waals surface area contributed by atoms with Gasteiger partial charge in [-0.1, -0.05) is 12.1 Å². The van der Waals surface area contributed by atoms with Crippen molar-refractivity contribution >= 4 is 17.7 Å². The first-order chi connectivity index (χ1) is 7.15. The number of aliphatic imine (C=N–C) groups is 1. The number of benzene rings is 1. The van der Waals surface area contributed by atoms with Crippen LogP contribution >= 0.6 is 0 Å². The van der Waals surface area contributed by atoms with Crippen molar-refractivity contribution in [3.63, 3.8) is 0 Å². The first kappa shape index (κ1) is 10.9. The number of para-hydroxylation sites is 1. The first-order valence-corrected chi connectivity index (χ1v) is 4.27. The Morgan fingerprint density at radius 2 is 2.33 bits per heavy atom. The molecule has 0 saturated heterocycles. The van der Waals surface area contributed by atoms with Crippen LogP contribution in [0.25, 0.3) is 0 Å². The zero-order valence-electron chi connectivity index (χ0n) is 8.15. The number of carbonyl (C=O) groups is 1. The van der Waals surface area contributed by atoms with Crippen LogP contribution in [0.4, 0.5) is 5.69 Å². The summed E-state index contributed by atoms with van der Waals surface area (Å²) in [5.74, 6) is -0.350.